The molecule has 0 aliphatic heterocycles. The minimum atomic E-state index is -2.46. The number of hydrogen-bond donors (Lipinski definition) is 1. The van der Waals surface area contributed by atoms with Crippen molar-refractivity contribution in [1.29, 1.82) is 0 Å². The van der Waals surface area contributed by atoms with Crippen LogP contribution in [0.2, 0.25) is 0 Å². The van der Waals surface area contributed by atoms with Crippen LogP contribution in [0, 0.1) is 5.92 Å². The molecule has 1 fully saturated rings. The van der Waals surface area contributed by atoms with Gasteiger partial charge in [0.05, 0.1) is 19.3 Å². The summed E-state index contributed by atoms with van der Waals surface area (Å²) < 4.78 is 33.2. The van der Waals surface area contributed by atoms with Gasteiger partial charge in [-0.1, -0.05) is 17.8 Å². The van der Waals surface area contributed by atoms with E-state index in [0.29, 0.717) is 23.9 Å². The maximum absolute atomic E-state index is 13.0. The van der Waals surface area contributed by atoms with Crippen molar-refractivity contribution in [3.8, 4) is 11.4 Å². The van der Waals surface area contributed by atoms with Gasteiger partial charge in [0.25, 0.3) is 5.92 Å². The van der Waals surface area contributed by atoms with E-state index in [1.165, 1.54) is 11.8 Å². The monoisotopic (exact) mass is 354 g/mol. The van der Waals surface area contributed by atoms with Gasteiger partial charge >= 0.3 is 0 Å². The van der Waals surface area contributed by atoms with Crippen LogP contribution in [0.3, 0.4) is 0 Å². The van der Waals surface area contributed by atoms with Gasteiger partial charge in [-0.2, -0.15) is 0 Å². The fourth-order valence-electron chi connectivity index (χ4n) is 2.55. The lowest BCUT2D eigenvalue weighted by Crippen LogP contribution is -2.12. The molecule has 0 radical (unpaired) electrons. The third-order valence-corrected chi connectivity index (χ3v) is 4.96. The highest BCUT2D eigenvalue weighted by atomic mass is 32.2. The molecule has 24 heavy (non-hydrogen) atoms. The summed E-state index contributed by atoms with van der Waals surface area (Å²) in [5, 5.41) is 12.2. The van der Waals surface area contributed by atoms with Gasteiger partial charge in [0.1, 0.15) is 5.75 Å². The average Bonchev–Trinajstić information content (AvgIpc) is 2.99. The van der Waals surface area contributed by atoms with Crippen LogP contribution in [-0.4, -0.2) is 40.6 Å². The number of nitrogens with one attached hydrogen (secondary N) is 1. The molecule has 3 rings (SSSR count). The van der Waals surface area contributed by atoms with Crippen molar-refractivity contribution in [1.82, 2.24) is 20.1 Å². The summed E-state index contributed by atoms with van der Waals surface area (Å²) in [5.74, 6) is -0.828. The third-order valence-electron chi connectivity index (χ3n) is 4.00. The Labute approximate surface area is 143 Å². The highest BCUT2D eigenvalue weighted by Gasteiger charge is 2.55. The first kappa shape index (κ1) is 17.2. The van der Waals surface area contributed by atoms with Crippen LogP contribution in [0.25, 0.3) is 5.69 Å². The molecule has 1 aliphatic carbocycles. The summed E-state index contributed by atoms with van der Waals surface area (Å²) in [4.78, 5) is 0. The van der Waals surface area contributed by atoms with Crippen LogP contribution in [0.15, 0.2) is 29.4 Å². The SMILES string of the molecule is CNCc1nnc(SCC[C@H]2CC2(F)F)n1-c1cccc(OC)c1. The second kappa shape index (κ2) is 7.06. The van der Waals surface area contributed by atoms with E-state index in [9.17, 15) is 8.78 Å². The third kappa shape index (κ3) is 3.70. The number of alkyl halides is 2. The van der Waals surface area contributed by atoms with Gasteiger partial charge in [-0.25, -0.2) is 8.78 Å². The molecule has 1 aliphatic rings. The molecule has 1 N–H and O–H groups in total. The smallest absolute Gasteiger partial charge is 0.251 e. The van der Waals surface area contributed by atoms with Crippen molar-refractivity contribution in [2.24, 2.45) is 5.92 Å². The Morgan fingerprint density at radius 2 is 2.21 bits per heavy atom. The average molecular weight is 354 g/mol. The molecule has 1 atom stereocenters. The molecule has 5 nitrogen and oxygen atoms in total. The lowest BCUT2D eigenvalue weighted by Gasteiger charge is -2.11. The number of thioether (sulfide) groups is 1. The van der Waals surface area contributed by atoms with E-state index in [4.69, 9.17) is 4.74 Å². The maximum Gasteiger partial charge on any atom is 0.251 e. The van der Waals surface area contributed by atoms with E-state index in [1.54, 1.807) is 7.11 Å². The number of benzene rings is 1. The van der Waals surface area contributed by atoms with Crippen LogP contribution in [0.5, 0.6) is 5.75 Å². The van der Waals surface area contributed by atoms with E-state index >= 15 is 0 Å². The Bertz CT molecular complexity index is 707. The Kier molecular flexibility index (Phi) is 5.05. The largest absolute Gasteiger partial charge is 0.497 e. The number of aromatic nitrogens is 3. The predicted molar refractivity (Wildman–Crippen MR) is 89.1 cm³/mol. The Morgan fingerprint density at radius 1 is 1.42 bits per heavy atom. The van der Waals surface area contributed by atoms with E-state index in [1.807, 2.05) is 35.9 Å². The first-order valence-electron chi connectivity index (χ1n) is 7.79. The number of rotatable bonds is 8. The Hall–Kier alpha value is -1.67. The quantitative estimate of drug-likeness (QED) is 0.738. The number of hydrogen-bond acceptors (Lipinski definition) is 5. The van der Waals surface area contributed by atoms with Gasteiger partial charge < -0.3 is 10.1 Å². The summed E-state index contributed by atoms with van der Waals surface area (Å²) in [6, 6.07) is 7.62. The van der Waals surface area contributed by atoms with Crippen molar-refractivity contribution < 1.29 is 13.5 Å². The highest BCUT2D eigenvalue weighted by Crippen LogP contribution is 2.51. The zero-order chi connectivity index (χ0) is 17.2. The summed E-state index contributed by atoms with van der Waals surface area (Å²) in [5.41, 5.74) is 0.892. The molecule has 0 amide bonds. The number of halogens is 2. The van der Waals surface area contributed by atoms with Crippen LogP contribution >= 0.6 is 11.8 Å². The van der Waals surface area contributed by atoms with Crippen LogP contribution in [-0.2, 0) is 6.54 Å². The molecule has 1 aromatic carbocycles. The zero-order valence-corrected chi connectivity index (χ0v) is 14.4. The Morgan fingerprint density at radius 3 is 2.88 bits per heavy atom. The first-order chi connectivity index (χ1) is 11.5. The molecular weight excluding hydrogens is 334 g/mol. The fraction of sp³-hybridized carbons (Fsp3) is 0.500. The standard InChI is InChI=1S/C16H20F2N4OS/c1-19-10-14-20-21-15(24-7-6-11-9-16(11,17)18)22(14)12-4-3-5-13(8-12)23-2/h3-5,8,11,19H,6-7,9-10H2,1-2H3/t11-/m0/s1. The molecule has 2 aromatic rings. The van der Waals surface area contributed by atoms with E-state index in [2.05, 4.69) is 15.5 Å². The lowest BCUT2D eigenvalue weighted by molar-refractivity contribution is 0.0983. The molecule has 1 aromatic heterocycles. The lowest BCUT2D eigenvalue weighted by atomic mass is 10.3. The topological polar surface area (TPSA) is 52.0 Å². The molecule has 8 heteroatoms. The Balaban J connectivity index is 1.78. The fourth-order valence-corrected chi connectivity index (χ4v) is 3.57. The summed E-state index contributed by atoms with van der Waals surface area (Å²) in [6.07, 6.45) is 0.505. The van der Waals surface area contributed by atoms with Gasteiger partial charge in [-0.3, -0.25) is 4.57 Å². The normalized spacial score (nSPS) is 18.6. The first-order valence-corrected chi connectivity index (χ1v) is 8.77. The van der Waals surface area contributed by atoms with Crippen LogP contribution < -0.4 is 10.1 Å². The second-order valence-electron chi connectivity index (χ2n) is 5.77. The minimum Gasteiger partial charge on any atom is -0.497 e. The molecule has 1 saturated carbocycles. The van der Waals surface area contributed by atoms with Gasteiger partial charge in [-0.05, 0) is 25.6 Å². The predicted octanol–water partition coefficient (Wildman–Crippen LogP) is 3.13. The molecular formula is C16H20F2N4OS. The zero-order valence-electron chi connectivity index (χ0n) is 13.6. The van der Waals surface area contributed by atoms with Crippen molar-refractivity contribution >= 4 is 11.8 Å². The minimum absolute atomic E-state index is 0.0150. The molecule has 0 unspecified atom stereocenters. The van der Waals surface area contributed by atoms with Gasteiger partial charge in [0.2, 0.25) is 0 Å². The molecule has 0 bridgehead atoms. The summed E-state index contributed by atoms with van der Waals surface area (Å²) in [7, 11) is 3.46. The van der Waals surface area contributed by atoms with Crippen molar-refractivity contribution in [2.45, 2.75) is 30.5 Å². The molecule has 130 valence electrons. The van der Waals surface area contributed by atoms with Gasteiger partial charge in [-0.15, -0.1) is 10.2 Å². The van der Waals surface area contributed by atoms with E-state index in [0.717, 1.165) is 17.3 Å². The second-order valence-corrected chi connectivity index (χ2v) is 6.83. The number of nitrogens with zero attached hydrogens (tertiary/aromatic N) is 3. The number of methoxy groups -OCH3 is 1. The van der Waals surface area contributed by atoms with Crippen LogP contribution in [0.4, 0.5) is 8.78 Å². The highest BCUT2D eigenvalue weighted by molar-refractivity contribution is 7.99. The summed E-state index contributed by atoms with van der Waals surface area (Å²) >= 11 is 1.46. The van der Waals surface area contributed by atoms with E-state index < -0.39 is 11.8 Å². The van der Waals surface area contributed by atoms with Crippen molar-refractivity contribution in [3.05, 3.63) is 30.1 Å². The molecule has 1 heterocycles. The molecule has 0 saturated heterocycles. The number of ether oxygens (including phenoxy) is 1. The maximum atomic E-state index is 13.0. The van der Waals surface area contributed by atoms with Gasteiger partial charge in [0.15, 0.2) is 11.0 Å². The van der Waals surface area contributed by atoms with Gasteiger partial charge in [0, 0.05) is 24.2 Å². The van der Waals surface area contributed by atoms with Crippen LogP contribution in [0.1, 0.15) is 18.7 Å². The molecule has 0 spiro atoms. The summed E-state index contributed by atoms with van der Waals surface area (Å²) in [6.45, 7) is 0.561. The van der Waals surface area contributed by atoms with E-state index in [-0.39, 0.29) is 6.42 Å². The van der Waals surface area contributed by atoms with Crippen molar-refractivity contribution in [2.75, 3.05) is 19.9 Å². The van der Waals surface area contributed by atoms with Crippen molar-refractivity contribution in [3.63, 3.8) is 0 Å².